The van der Waals surface area contributed by atoms with Gasteiger partial charge in [0.05, 0.1) is 6.61 Å². The zero-order chi connectivity index (χ0) is 13.1. The van der Waals surface area contributed by atoms with Crippen LogP contribution in [0.4, 0.5) is 8.78 Å². The Morgan fingerprint density at radius 3 is 2.56 bits per heavy atom. The first-order valence-electron chi connectivity index (χ1n) is 4.96. The highest BCUT2D eigenvalue weighted by Gasteiger charge is 2.48. The van der Waals surface area contributed by atoms with E-state index in [2.05, 4.69) is 4.74 Å². The molecule has 102 valence electrons. The fraction of sp³-hybridized carbons (Fsp3) is 0.364. The Hall–Kier alpha value is -0.470. The second-order valence-electron chi connectivity index (χ2n) is 3.34. The molecule has 0 bridgehead atoms. The smallest absolute Gasteiger partial charge is 0.379 e. The summed E-state index contributed by atoms with van der Waals surface area (Å²) in [5, 5.41) is 0. The summed E-state index contributed by atoms with van der Waals surface area (Å²) < 4.78 is 32.2. The van der Waals surface area contributed by atoms with Gasteiger partial charge in [-0.15, -0.1) is 12.4 Å². The van der Waals surface area contributed by atoms with Gasteiger partial charge in [0.2, 0.25) is 0 Å². The molecule has 18 heavy (non-hydrogen) atoms. The standard InChI is InChI=1S/C11H12F2INO2.ClH/c1-2-17-10(16)11(12,13)9(15)7-5-3-4-6-8(7)14;/h3-6,9H,2,15H2,1H3;1H/t9-;/m0./s1. The third-order valence-electron chi connectivity index (χ3n) is 2.18. The predicted octanol–water partition coefficient (Wildman–Crippen LogP) is 2.91. The predicted molar refractivity (Wildman–Crippen MR) is 74.9 cm³/mol. The number of halogens is 4. The van der Waals surface area contributed by atoms with Gasteiger partial charge in [-0.1, -0.05) is 18.2 Å². The van der Waals surface area contributed by atoms with Crippen LogP contribution in [-0.2, 0) is 9.53 Å². The fourth-order valence-corrected chi connectivity index (χ4v) is 2.00. The van der Waals surface area contributed by atoms with E-state index in [1.54, 1.807) is 18.2 Å². The molecule has 1 rings (SSSR count). The first-order chi connectivity index (χ1) is 7.91. The quantitative estimate of drug-likeness (QED) is 0.634. The molecular weight excluding hydrogens is 378 g/mol. The number of carbonyl (C=O) groups is 1. The molecule has 1 aromatic rings. The van der Waals surface area contributed by atoms with Crippen molar-refractivity contribution >= 4 is 41.0 Å². The highest BCUT2D eigenvalue weighted by atomic mass is 127. The van der Waals surface area contributed by atoms with E-state index in [4.69, 9.17) is 5.73 Å². The third kappa shape index (κ3) is 3.76. The van der Waals surface area contributed by atoms with Crippen molar-refractivity contribution < 1.29 is 18.3 Å². The van der Waals surface area contributed by atoms with E-state index < -0.39 is 17.9 Å². The van der Waals surface area contributed by atoms with Crippen LogP contribution in [-0.4, -0.2) is 18.5 Å². The molecule has 0 aliphatic carbocycles. The van der Waals surface area contributed by atoms with Crippen LogP contribution in [0.2, 0.25) is 0 Å². The lowest BCUT2D eigenvalue weighted by molar-refractivity contribution is -0.174. The normalized spacial score (nSPS) is 12.5. The number of carbonyl (C=O) groups excluding carboxylic acids is 1. The van der Waals surface area contributed by atoms with E-state index >= 15 is 0 Å². The second-order valence-corrected chi connectivity index (χ2v) is 4.50. The van der Waals surface area contributed by atoms with Gasteiger partial charge in [-0.2, -0.15) is 8.78 Å². The summed E-state index contributed by atoms with van der Waals surface area (Å²) in [5.74, 6) is -5.32. The highest BCUT2D eigenvalue weighted by Crippen LogP contribution is 2.32. The third-order valence-corrected chi connectivity index (χ3v) is 3.16. The monoisotopic (exact) mass is 391 g/mol. The molecule has 1 aromatic carbocycles. The zero-order valence-electron chi connectivity index (χ0n) is 9.53. The van der Waals surface area contributed by atoms with E-state index in [1.807, 2.05) is 22.6 Å². The SMILES string of the molecule is CCOC(=O)C(F)(F)[C@@H](N)c1ccccc1I.Cl. The number of rotatable bonds is 4. The molecule has 0 aliphatic rings. The maximum absolute atomic E-state index is 13.7. The molecule has 3 nitrogen and oxygen atoms in total. The lowest BCUT2D eigenvalue weighted by Crippen LogP contribution is -2.42. The van der Waals surface area contributed by atoms with Gasteiger partial charge in [0.1, 0.15) is 6.04 Å². The van der Waals surface area contributed by atoms with Crippen molar-refractivity contribution in [2.75, 3.05) is 6.61 Å². The zero-order valence-corrected chi connectivity index (χ0v) is 12.5. The van der Waals surface area contributed by atoms with E-state index in [9.17, 15) is 13.6 Å². The maximum Gasteiger partial charge on any atom is 0.379 e. The van der Waals surface area contributed by atoms with Gasteiger partial charge in [-0.3, -0.25) is 0 Å². The van der Waals surface area contributed by atoms with E-state index in [0.29, 0.717) is 3.57 Å². The van der Waals surface area contributed by atoms with Crippen molar-refractivity contribution in [3.63, 3.8) is 0 Å². The Kier molecular flexibility index (Phi) is 7.01. The highest BCUT2D eigenvalue weighted by molar-refractivity contribution is 14.1. The minimum Gasteiger partial charge on any atom is -0.462 e. The first-order valence-corrected chi connectivity index (χ1v) is 6.04. The van der Waals surface area contributed by atoms with Crippen LogP contribution in [0.1, 0.15) is 18.5 Å². The maximum atomic E-state index is 13.7. The molecule has 7 heteroatoms. The summed E-state index contributed by atoms with van der Waals surface area (Å²) in [7, 11) is 0. The first kappa shape index (κ1) is 17.5. The van der Waals surface area contributed by atoms with Crippen LogP contribution in [0.25, 0.3) is 0 Å². The van der Waals surface area contributed by atoms with Gasteiger partial charge in [0.15, 0.2) is 0 Å². The number of hydrogen-bond donors (Lipinski definition) is 1. The molecule has 0 radical (unpaired) electrons. The topological polar surface area (TPSA) is 52.3 Å². The van der Waals surface area contributed by atoms with Gasteiger partial charge in [-0.25, -0.2) is 4.79 Å². The van der Waals surface area contributed by atoms with E-state index in [0.717, 1.165) is 0 Å². The number of nitrogens with two attached hydrogens (primary N) is 1. The van der Waals surface area contributed by atoms with Crippen molar-refractivity contribution in [3.8, 4) is 0 Å². The van der Waals surface area contributed by atoms with E-state index in [1.165, 1.54) is 13.0 Å². The number of alkyl halides is 2. The Labute approximate surface area is 124 Å². The molecule has 0 unspecified atom stereocenters. The molecule has 0 heterocycles. The van der Waals surface area contributed by atoms with Crippen molar-refractivity contribution in [1.82, 2.24) is 0 Å². The van der Waals surface area contributed by atoms with Crippen LogP contribution in [0.5, 0.6) is 0 Å². The summed E-state index contributed by atoms with van der Waals surface area (Å²) in [6.45, 7) is 1.36. The van der Waals surface area contributed by atoms with Crippen LogP contribution < -0.4 is 5.73 Å². The van der Waals surface area contributed by atoms with Gasteiger partial charge in [0.25, 0.3) is 0 Å². The summed E-state index contributed by atoms with van der Waals surface area (Å²) in [6, 6.07) is 4.73. The number of ether oxygens (including phenoxy) is 1. The molecule has 1 atom stereocenters. The van der Waals surface area contributed by atoms with Crippen LogP contribution in [0, 0.1) is 3.57 Å². The summed E-state index contributed by atoms with van der Waals surface area (Å²) in [4.78, 5) is 11.1. The second kappa shape index (κ2) is 7.20. The van der Waals surface area contributed by atoms with Crippen molar-refractivity contribution in [1.29, 1.82) is 0 Å². The van der Waals surface area contributed by atoms with Gasteiger partial charge in [0, 0.05) is 3.57 Å². The summed E-state index contributed by atoms with van der Waals surface area (Å²) in [5.41, 5.74) is 5.68. The lowest BCUT2D eigenvalue weighted by Gasteiger charge is -2.22. The van der Waals surface area contributed by atoms with Gasteiger partial charge >= 0.3 is 11.9 Å². The largest absolute Gasteiger partial charge is 0.462 e. The Morgan fingerprint density at radius 2 is 2.06 bits per heavy atom. The molecule has 2 N–H and O–H groups in total. The lowest BCUT2D eigenvalue weighted by atomic mass is 10.0. The van der Waals surface area contributed by atoms with Crippen molar-refractivity contribution in [2.45, 2.75) is 18.9 Å². The molecule has 0 aromatic heterocycles. The molecule has 0 fully saturated rings. The van der Waals surface area contributed by atoms with Gasteiger partial charge < -0.3 is 10.5 Å². The van der Waals surface area contributed by atoms with Crippen LogP contribution >= 0.6 is 35.0 Å². The average molecular weight is 392 g/mol. The molecule has 0 saturated carbocycles. The molecule has 0 aliphatic heterocycles. The van der Waals surface area contributed by atoms with Gasteiger partial charge in [-0.05, 0) is 41.1 Å². The number of esters is 1. The molecule has 0 spiro atoms. The Balaban J connectivity index is 0.00000289. The Morgan fingerprint density at radius 1 is 1.50 bits per heavy atom. The molecular formula is C11H13ClF2INO2. The summed E-state index contributed by atoms with van der Waals surface area (Å²) >= 11 is 1.89. The van der Waals surface area contributed by atoms with Crippen molar-refractivity contribution in [3.05, 3.63) is 33.4 Å². The van der Waals surface area contributed by atoms with E-state index in [-0.39, 0.29) is 24.6 Å². The minimum absolute atomic E-state index is 0. The molecule has 0 saturated heterocycles. The summed E-state index contributed by atoms with van der Waals surface area (Å²) in [6.07, 6.45) is 0. The average Bonchev–Trinajstić information content (AvgIpc) is 2.29. The van der Waals surface area contributed by atoms with Crippen LogP contribution in [0.15, 0.2) is 24.3 Å². The van der Waals surface area contributed by atoms with Crippen LogP contribution in [0.3, 0.4) is 0 Å². The molecule has 0 amide bonds. The minimum atomic E-state index is -3.72. The van der Waals surface area contributed by atoms with Crippen molar-refractivity contribution in [2.24, 2.45) is 5.73 Å². The number of hydrogen-bond acceptors (Lipinski definition) is 3. The Bertz CT molecular complexity index is 418. The fourth-order valence-electron chi connectivity index (χ4n) is 1.28. The number of benzene rings is 1.